The third-order valence-corrected chi connectivity index (χ3v) is 3.56. The Morgan fingerprint density at radius 1 is 1.26 bits per heavy atom. The molecular weight excluding hydrogens is 314 g/mol. The van der Waals surface area contributed by atoms with Crippen LogP contribution in [0.4, 0.5) is 0 Å². The Kier molecular flexibility index (Phi) is 4.11. The van der Waals surface area contributed by atoms with Crippen LogP contribution in [0.25, 0.3) is 16.9 Å². The van der Waals surface area contributed by atoms with E-state index in [9.17, 15) is 0 Å². The predicted molar refractivity (Wildman–Crippen MR) is 87.7 cm³/mol. The molecule has 23 heavy (non-hydrogen) atoms. The van der Waals surface area contributed by atoms with Crippen LogP contribution in [0.3, 0.4) is 0 Å². The van der Waals surface area contributed by atoms with Gasteiger partial charge in [0.2, 0.25) is 0 Å². The number of imidazole rings is 1. The van der Waals surface area contributed by atoms with Crippen LogP contribution < -0.4 is 5.84 Å². The van der Waals surface area contributed by atoms with E-state index in [4.69, 9.17) is 23.0 Å². The van der Waals surface area contributed by atoms with Crippen molar-refractivity contribution in [2.75, 3.05) is 0 Å². The number of nitrogens with two attached hydrogens (primary N) is 1. The average molecular weight is 326 g/mol. The summed E-state index contributed by atoms with van der Waals surface area (Å²) < 4.78 is 1.82. The Morgan fingerprint density at radius 3 is 2.61 bits per heavy atom. The van der Waals surface area contributed by atoms with Crippen molar-refractivity contribution < 1.29 is 0 Å². The molecule has 7 nitrogen and oxygen atoms in total. The third kappa shape index (κ3) is 2.95. The van der Waals surface area contributed by atoms with Gasteiger partial charge in [-0.2, -0.15) is 5.10 Å². The molecule has 0 aliphatic carbocycles. The van der Waals surface area contributed by atoms with Crippen LogP contribution >= 0.6 is 11.6 Å². The molecule has 0 saturated heterocycles. The molecule has 0 aliphatic heterocycles. The molecule has 3 N–H and O–H groups in total. The van der Waals surface area contributed by atoms with E-state index in [2.05, 4.69) is 20.2 Å². The molecule has 0 radical (unpaired) electrons. The minimum Gasteiger partial charge on any atom is -0.321 e. The molecule has 0 amide bonds. The van der Waals surface area contributed by atoms with E-state index in [0.717, 1.165) is 11.3 Å². The Labute approximate surface area is 137 Å². The Morgan fingerprint density at radius 2 is 2.04 bits per heavy atom. The number of rotatable bonds is 3. The molecule has 2 heterocycles. The van der Waals surface area contributed by atoms with Crippen molar-refractivity contribution in [2.24, 2.45) is 16.1 Å². The number of halogens is 1. The fourth-order valence-corrected chi connectivity index (χ4v) is 2.41. The molecule has 0 fully saturated rings. The largest absolute Gasteiger partial charge is 0.321 e. The smallest absolute Gasteiger partial charge is 0.199 e. The van der Waals surface area contributed by atoms with E-state index in [1.165, 1.54) is 0 Å². The normalized spacial score (nSPS) is 11.4. The molecule has 2 aromatic heterocycles. The van der Waals surface area contributed by atoms with Crippen LogP contribution in [0, 0.1) is 5.53 Å². The monoisotopic (exact) mass is 325 g/mol. The van der Waals surface area contributed by atoms with Crippen molar-refractivity contribution in [3.8, 4) is 16.9 Å². The molecule has 0 spiro atoms. The van der Waals surface area contributed by atoms with Crippen molar-refractivity contribution in [1.29, 1.82) is 5.53 Å². The lowest BCUT2D eigenvalue weighted by Gasteiger charge is -2.08. The average Bonchev–Trinajstić information content (AvgIpc) is 3.11. The molecule has 0 aliphatic rings. The first-order chi connectivity index (χ1) is 11.2. The van der Waals surface area contributed by atoms with Gasteiger partial charge in [-0.3, -0.25) is 4.98 Å². The first-order valence-electron chi connectivity index (χ1n) is 6.63. The summed E-state index contributed by atoms with van der Waals surface area (Å²) in [7, 11) is 0. The standard InChI is InChI=1S/C15H12ClN7/c16-13-7-12(23-6-5-19-9-23)8-20-14(13)10-1-3-11(4-2-10)15(21-17)22-18/h1-9,17H,18H2/b21-17?,22-15-. The highest BCUT2D eigenvalue weighted by molar-refractivity contribution is 6.33. The highest BCUT2D eigenvalue weighted by Crippen LogP contribution is 2.27. The maximum atomic E-state index is 7.01. The topological polar surface area (TPSA) is 105 Å². The molecule has 0 saturated carbocycles. The van der Waals surface area contributed by atoms with E-state index >= 15 is 0 Å². The highest BCUT2D eigenvalue weighted by Gasteiger charge is 2.09. The summed E-state index contributed by atoms with van der Waals surface area (Å²) in [5, 5.41) is 7.24. The van der Waals surface area contributed by atoms with Crippen LogP contribution in [0.5, 0.6) is 0 Å². The number of nitrogens with zero attached hydrogens (tertiary/aromatic N) is 5. The van der Waals surface area contributed by atoms with Crippen LogP contribution in [0.15, 0.2) is 65.5 Å². The molecule has 0 unspecified atom stereocenters. The van der Waals surface area contributed by atoms with Gasteiger partial charge in [-0.25, -0.2) is 10.5 Å². The van der Waals surface area contributed by atoms with E-state index in [0.29, 0.717) is 16.3 Å². The summed E-state index contributed by atoms with van der Waals surface area (Å²) in [6.07, 6.45) is 6.91. The second-order valence-electron chi connectivity index (χ2n) is 4.64. The summed E-state index contributed by atoms with van der Waals surface area (Å²) in [6, 6.07) is 9.01. The van der Waals surface area contributed by atoms with Crippen molar-refractivity contribution in [3.63, 3.8) is 0 Å². The van der Waals surface area contributed by atoms with Gasteiger partial charge in [0.05, 0.1) is 28.9 Å². The maximum absolute atomic E-state index is 7.01. The lowest BCUT2D eigenvalue weighted by Crippen LogP contribution is -2.00. The van der Waals surface area contributed by atoms with E-state index in [-0.39, 0.29) is 5.84 Å². The molecule has 114 valence electrons. The zero-order valence-electron chi connectivity index (χ0n) is 11.9. The fourth-order valence-electron chi connectivity index (χ4n) is 2.14. The minimum atomic E-state index is 0.158. The number of nitrogens with one attached hydrogen (secondary N) is 1. The predicted octanol–water partition coefficient (Wildman–Crippen LogP) is 3.24. The van der Waals surface area contributed by atoms with Gasteiger partial charge in [0.25, 0.3) is 0 Å². The van der Waals surface area contributed by atoms with Crippen molar-refractivity contribution in [1.82, 2.24) is 14.5 Å². The molecule has 0 bridgehead atoms. The minimum absolute atomic E-state index is 0.158. The number of hydrogen-bond donors (Lipinski definition) is 2. The van der Waals surface area contributed by atoms with Gasteiger partial charge in [-0.05, 0) is 6.07 Å². The van der Waals surface area contributed by atoms with Gasteiger partial charge in [0.15, 0.2) is 5.84 Å². The van der Waals surface area contributed by atoms with Crippen molar-refractivity contribution in [2.45, 2.75) is 0 Å². The van der Waals surface area contributed by atoms with Gasteiger partial charge in [0.1, 0.15) is 0 Å². The highest BCUT2D eigenvalue weighted by atomic mass is 35.5. The number of hydrogen-bond acceptors (Lipinski definition) is 5. The quantitative estimate of drug-likeness (QED) is 0.254. The SMILES string of the molecule is N=N/C(=N\N)c1ccc(-c2ncc(-n3ccnc3)cc2Cl)cc1. The lowest BCUT2D eigenvalue weighted by molar-refractivity contribution is 1.04. The summed E-state index contributed by atoms with van der Waals surface area (Å²) in [5.74, 6) is 5.34. The van der Waals surface area contributed by atoms with E-state index in [1.807, 2.05) is 29.0 Å². The lowest BCUT2D eigenvalue weighted by atomic mass is 10.1. The van der Waals surface area contributed by atoms with Crippen LogP contribution in [-0.2, 0) is 0 Å². The van der Waals surface area contributed by atoms with Gasteiger partial charge in [0, 0.05) is 23.5 Å². The fraction of sp³-hybridized carbons (Fsp3) is 0. The van der Waals surface area contributed by atoms with Gasteiger partial charge < -0.3 is 10.4 Å². The van der Waals surface area contributed by atoms with Crippen LogP contribution in [0.2, 0.25) is 5.02 Å². The maximum Gasteiger partial charge on any atom is 0.199 e. The van der Waals surface area contributed by atoms with Crippen LogP contribution in [-0.4, -0.2) is 20.4 Å². The molecule has 3 aromatic rings. The zero-order valence-corrected chi connectivity index (χ0v) is 12.6. The number of aromatic nitrogens is 3. The van der Waals surface area contributed by atoms with Crippen LogP contribution in [0.1, 0.15) is 5.56 Å². The second kappa shape index (κ2) is 6.37. The Balaban J connectivity index is 1.94. The molecule has 0 atom stereocenters. The Hall–Kier alpha value is -3.06. The Bertz CT molecular complexity index is 854. The van der Waals surface area contributed by atoms with E-state index < -0.39 is 0 Å². The first-order valence-corrected chi connectivity index (χ1v) is 7.00. The number of benzene rings is 1. The summed E-state index contributed by atoms with van der Waals surface area (Å²) in [4.78, 5) is 8.42. The van der Waals surface area contributed by atoms with Gasteiger partial charge in [-0.15, -0.1) is 5.11 Å². The molecule has 1 aromatic carbocycles. The summed E-state index contributed by atoms with van der Waals surface area (Å²) in [6.45, 7) is 0. The van der Waals surface area contributed by atoms with Gasteiger partial charge >= 0.3 is 0 Å². The summed E-state index contributed by atoms with van der Waals surface area (Å²) >= 11 is 6.35. The molecular formula is C15H12ClN7. The first kappa shape index (κ1) is 14.9. The van der Waals surface area contributed by atoms with Crippen molar-refractivity contribution >= 4 is 17.4 Å². The van der Waals surface area contributed by atoms with Gasteiger partial charge in [-0.1, -0.05) is 35.9 Å². The zero-order chi connectivity index (χ0) is 16.2. The number of pyridine rings is 1. The summed E-state index contributed by atoms with van der Waals surface area (Å²) in [5.41, 5.74) is 10.0. The second-order valence-corrected chi connectivity index (χ2v) is 5.04. The third-order valence-electron chi connectivity index (χ3n) is 3.27. The van der Waals surface area contributed by atoms with Crippen molar-refractivity contribution in [3.05, 3.63) is 65.8 Å². The molecule has 3 rings (SSSR count). The number of amidine groups is 1. The number of hydrazone groups is 1. The molecule has 8 heteroatoms. The van der Waals surface area contributed by atoms with E-state index in [1.54, 1.807) is 30.9 Å².